The summed E-state index contributed by atoms with van der Waals surface area (Å²) in [5.74, 6) is 0.0188. The standard InChI is InChI=1S/C9H16N2O2/c10-9-7(5-8(12)13)6-1-3-11(9)4-2-6/h6-7,9H,1-5,10H2,(H,12,13)/t7-,9-/m1/s1. The van der Waals surface area contributed by atoms with Crippen LogP contribution in [0, 0.1) is 11.8 Å². The quantitative estimate of drug-likeness (QED) is 0.638. The van der Waals surface area contributed by atoms with Gasteiger partial charge in [0, 0.05) is 5.92 Å². The number of hydrogen-bond donors (Lipinski definition) is 2. The topological polar surface area (TPSA) is 66.6 Å². The van der Waals surface area contributed by atoms with Crippen LogP contribution in [0.5, 0.6) is 0 Å². The molecular formula is C9H16N2O2. The third-order valence-corrected chi connectivity index (χ3v) is 3.45. The molecule has 0 aromatic heterocycles. The van der Waals surface area contributed by atoms with E-state index in [1.54, 1.807) is 0 Å². The highest BCUT2D eigenvalue weighted by Gasteiger charge is 2.40. The number of piperidine rings is 3. The summed E-state index contributed by atoms with van der Waals surface area (Å²) in [7, 11) is 0. The van der Waals surface area contributed by atoms with E-state index in [9.17, 15) is 4.79 Å². The van der Waals surface area contributed by atoms with Crippen molar-refractivity contribution >= 4 is 5.97 Å². The Bertz CT molecular complexity index is 210. The second-order valence-corrected chi connectivity index (χ2v) is 4.13. The molecule has 2 atom stereocenters. The molecule has 0 amide bonds. The molecule has 0 saturated carbocycles. The molecule has 0 radical (unpaired) electrons. The molecule has 3 aliphatic heterocycles. The van der Waals surface area contributed by atoms with E-state index in [1.165, 1.54) is 0 Å². The summed E-state index contributed by atoms with van der Waals surface area (Å²) in [6.07, 6.45) is 2.49. The van der Waals surface area contributed by atoms with E-state index in [0.717, 1.165) is 25.9 Å². The second-order valence-electron chi connectivity index (χ2n) is 4.13. The van der Waals surface area contributed by atoms with Crippen molar-refractivity contribution in [3.05, 3.63) is 0 Å². The Hall–Kier alpha value is -0.610. The fourth-order valence-corrected chi connectivity index (χ4v) is 2.68. The summed E-state index contributed by atoms with van der Waals surface area (Å²) in [4.78, 5) is 12.8. The molecule has 3 fully saturated rings. The minimum Gasteiger partial charge on any atom is -0.481 e. The zero-order valence-electron chi connectivity index (χ0n) is 7.65. The highest BCUT2D eigenvalue weighted by atomic mass is 16.4. The summed E-state index contributed by atoms with van der Waals surface area (Å²) in [6.45, 7) is 2.11. The summed E-state index contributed by atoms with van der Waals surface area (Å²) in [5, 5.41) is 8.74. The Morgan fingerprint density at radius 2 is 2.08 bits per heavy atom. The van der Waals surface area contributed by atoms with E-state index in [2.05, 4.69) is 4.90 Å². The molecular weight excluding hydrogens is 168 g/mol. The first-order valence-electron chi connectivity index (χ1n) is 4.90. The van der Waals surface area contributed by atoms with E-state index < -0.39 is 5.97 Å². The fourth-order valence-electron chi connectivity index (χ4n) is 2.68. The summed E-state index contributed by atoms with van der Waals surface area (Å²) < 4.78 is 0. The Balaban J connectivity index is 2.05. The molecule has 0 aromatic carbocycles. The number of aliphatic carboxylic acids is 1. The van der Waals surface area contributed by atoms with Crippen LogP contribution in [-0.4, -0.2) is 35.2 Å². The highest BCUT2D eigenvalue weighted by Crippen LogP contribution is 2.36. The van der Waals surface area contributed by atoms with Crippen molar-refractivity contribution in [2.45, 2.75) is 25.4 Å². The smallest absolute Gasteiger partial charge is 0.303 e. The van der Waals surface area contributed by atoms with Crippen molar-refractivity contribution < 1.29 is 9.90 Å². The van der Waals surface area contributed by atoms with Gasteiger partial charge in [0.05, 0.1) is 12.6 Å². The number of nitrogens with two attached hydrogens (primary N) is 1. The molecule has 4 nitrogen and oxygen atoms in total. The van der Waals surface area contributed by atoms with Crippen molar-refractivity contribution in [3.8, 4) is 0 Å². The van der Waals surface area contributed by atoms with Gasteiger partial charge >= 0.3 is 5.97 Å². The molecule has 3 saturated heterocycles. The Kier molecular flexibility index (Phi) is 2.26. The minimum atomic E-state index is -0.714. The average molecular weight is 184 g/mol. The predicted octanol–water partition coefficient (Wildman–Crippen LogP) is 0.0877. The van der Waals surface area contributed by atoms with Gasteiger partial charge in [-0.1, -0.05) is 0 Å². The molecule has 0 aliphatic carbocycles. The van der Waals surface area contributed by atoms with Crippen LogP contribution in [0.15, 0.2) is 0 Å². The number of carbonyl (C=O) groups is 1. The van der Waals surface area contributed by atoms with Gasteiger partial charge in [-0.2, -0.15) is 0 Å². The first kappa shape index (κ1) is 8.97. The Labute approximate surface area is 77.7 Å². The van der Waals surface area contributed by atoms with Gasteiger partial charge in [-0.25, -0.2) is 0 Å². The van der Waals surface area contributed by atoms with Gasteiger partial charge in [-0.3, -0.25) is 9.69 Å². The predicted molar refractivity (Wildman–Crippen MR) is 48.0 cm³/mol. The molecule has 3 heterocycles. The van der Waals surface area contributed by atoms with Crippen LogP contribution in [0.2, 0.25) is 0 Å². The molecule has 13 heavy (non-hydrogen) atoms. The Morgan fingerprint density at radius 1 is 1.46 bits per heavy atom. The maximum Gasteiger partial charge on any atom is 0.303 e. The van der Waals surface area contributed by atoms with E-state index in [1.807, 2.05) is 0 Å². The summed E-state index contributed by atoms with van der Waals surface area (Å²) >= 11 is 0. The number of carboxylic acid groups (broad SMARTS) is 1. The number of fused-ring (bicyclic) bond motifs is 3. The maximum absolute atomic E-state index is 10.6. The van der Waals surface area contributed by atoms with Crippen molar-refractivity contribution in [3.63, 3.8) is 0 Å². The lowest BCUT2D eigenvalue weighted by Gasteiger charge is -2.49. The third-order valence-electron chi connectivity index (χ3n) is 3.45. The minimum absolute atomic E-state index is 0.0106. The van der Waals surface area contributed by atoms with Crippen molar-refractivity contribution in [2.75, 3.05) is 13.1 Å². The molecule has 0 aromatic rings. The molecule has 3 rings (SSSR count). The van der Waals surface area contributed by atoms with Crippen LogP contribution in [0.25, 0.3) is 0 Å². The number of hydrogen-bond acceptors (Lipinski definition) is 3. The first-order chi connectivity index (χ1) is 6.18. The van der Waals surface area contributed by atoms with E-state index >= 15 is 0 Å². The van der Waals surface area contributed by atoms with Gasteiger partial charge in [0.2, 0.25) is 0 Å². The number of rotatable bonds is 2. The van der Waals surface area contributed by atoms with Crippen molar-refractivity contribution in [1.29, 1.82) is 0 Å². The lowest BCUT2D eigenvalue weighted by molar-refractivity contribution is -0.141. The summed E-state index contributed by atoms with van der Waals surface area (Å²) in [6, 6.07) is 0. The molecule has 0 unspecified atom stereocenters. The third kappa shape index (κ3) is 1.56. The van der Waals surface area contributed by atoms with E-state index in [-0.39, 0.29) is 18.5 Å². The molecule has 3 aliphatic rings. The Morgan fingerprint density at radius 3 is 2.54 bits per heavy atom. The monoisotopic (exact) mass is 184 g/mol. The molecule has 74 valence electrons. The van der Waals surface area contributed by atoms with Gasteiger partial charge < -0.3 is 10.8 Å². The zero-order chi connectivity index (χ0) is 9.42. The number of carboxylic acids is 1. The van der Waals surface area contributed by atoms with Crippen LogP contribution in [0.4, 0.5) is 0 Å². The molecule has 3 N–H and O–H groups in total. The van der Waals surface area contributed by atoms with Gasteiger partial charge in [-0.05, 0) is 31.8 Å². The lowest BCUT2D eigenvalue weighted by Crippen LogP contribution is -2.59. The van der Waals surface area contributed by atoms with Gasteiger partial charge in [0.15, 0.2) is 0 Å². The molecule has 2 bridgehead atoms. The fraction of sp³-hybridized carbons (Fsp3) is 0.889. The highest BCUT2D eigenvalue weighted by molar-refractivity contribution is 5.67. The lowest BCUT2D eigenvalue weighted by atomic mass is 9.75. The zero-order valence-corrected chi connectivity index (χ0v) is 7.65. The van der Waals surface area contributed by atoms with Crippen LogP contribution in [0.3, 0.4) is 0 Å². The number of nitrogens with zero attached hydrogens (tertiary/aromatic N) is 1. The largest absolute Gasteiger partial charge is 0.481 e. The molecule has 0 spiro atoms. The van der Waals surface area contributed by atoms with Crippen LogP contribution in [-0.2, 0) is 4.79 Å². The average Bonchev–Trinajstić information content (AvgIpc) is 2.11. The maximum atomic E-state index is 10.6. The second kappa shape index (κ2) is 3.27. The van der Waals surface area contributed by atoms with Gasteiger partial charge in [0.1, 0.15) is 0 Å². The normalized spacial score (nSPS) is 43.5. The van der Waals surface area contributed by atoms with Crippen LogP contribution < -0.4 is 5.73 Å². The van der Waals surface area contributed by atoms with Crippen molar-refractivity contribution in [1.82, 2.24) is 4.90 Å². The summed E-state index contributed by atoms with van der Waals surface area (Å²) in [5.41, 5.74) is 5.98. The van der Waals surface area contributed by atoms with Crippen LogP contribution >= 0.6 is 0 Å². The van der Waals surface area contributed by atoms with Gasteiger partial charge in [0.25, 0.3) is 0 Å². The SMILES string of the molecule is N[C@H]1[C@H](CC(=O)O)C2CCN1CC2. The molecule has 4 heteroatoms. The van der Waals surface area contributed by atoms with E-state index in [0.29, 0.717) is 5.92 Å². The van der Waals surface area contributed by atoms with Gasteiger partial charge in [-0.15, -0.1) is 0 Å². The van der Waals surface area contributed by atoms with Crippen molar-refractivity contribution in [2.24, 2.45) is 17.6 Å². The van der Waals surface area contributed by atoms with E-state index in [4.69, 9.17) is 10.8 Å². The van der Waals surface area contributed by atoms with Crippen LogP contribution in [0.1, 0.15) is 19.3 Å². The first-order valence-corrected chi connectivity index (χ1v) is 4.90.